The van der Waals surface area contributed by atoms with Crippen molar-refractivity contribution in [2.24, 2.45) is 0 Å². The first kappa shape index (κ1) is 18.2. The summed E-state index contributed by atoms with van der Waals surface area (Å²) in [5, 5.41) is 4.18. The molecule has 3 nitrogen and oxygen atoms in total. The van der Waals surface area contributed by atoms with Crippen LogP contribution >= 0.6 is 15.9 Å². The summed E-state index contributed by atoms with van der Waals surface area (Å²) in [7, 11) is 3.11. The van der Waals surface area contributed by atoms with Gasteiger partial charge >= 0.3 is 0 Å². The van der Waals surface area contributed by atoms with Crippen LogP contribution in [0.3, 0.4) is 0 Å². The monoisotopic (exact) mass is 440 g/mol. The fourth-order valence-corrected chi connectivity index (χ4v) is 4.56. The largest absolute Gasteiger partial charge is 0.496 e. The summed E-state index contributed by atoms with van der Waals surface area (Å²) in [5.41, 5.74) is 1.79. The van der Waals surface area contributed by atoms with E-state index in [-0.39, 0.29) is 0 Å². The van der Waals surface area contributed by atoms with Crippen LogP contribution < -0.4 is 4.74 Å². The van der Waals surface area contributed by atoms with Gasteiger partial charge in [0.1, 0.15) is 5.75 Å². The topological polar surface area (TPSA) is 35.5 Å². The van der Waals surface area contributed by atoms with Gasteiger partial charge in [-0.05, 0) is 45.8 Å². The third kappa shape index (κ3) is 3.16. The van der Waals surface area contributed by atoms with E-state index in [1.54, 1.807) is 7.11 Å². The minimum absolute atomic E-state index is 0.630. The predicted molar refractivity (Wildman–Crippen MR) is 115 cm³/mol. The van der Waals surface area contributed by atoms with E-state index in [2.05, 4.69) is 28.1 Å². The highest BCUT2D eigenvalue weighted by Gasteiger charge is 2.20. The van der Waals surface area contributed by atoms with E-state index >= 15 is 0 Å². The molecule has 1 unspecified atom stereocenters. The molecule has 4 aromatic carbocycles. The van der Waals surface area contributed by atoms with E-state index in [0.717, 1.165) is 42.9 Å². The molecule has 0 saturated heterocycles. The number of fused-ring (bicyclic) bond motifs is 2. The van der Waals surface area contributed by atoms with Gasteiger partial charge in [0.2, 0.25) is 0 Å². The summed E-state index contributed by atoms with van der Waals surface area (Å²) in [5.74, 6) is 0.732. The van der Waals surface area contributed by atoms with E-state index in [0.29, 0.717) is 4.90 Å². The molecular weight excluding hydrogens is 424 g/mol. The lowest BCUT2D eigenvalue weighted by Crippen LogP contribution is -1.99. The Bertz CT molecular complexity index is 1190. The van der Waals surface area contributed by atoms with Gasteiger partial charge in [-0.1, -0.05) is 58.4 Å². The van der Waals surface area contributed by atoms with Crippen molar-refractivity contribution >= 4 is 48.6 Å². The van der Waals surface area contributed by atoms with Gasteiger partial charge in [-0.3, -0.25) is 4.18 Å². The molecule has 4 rings (SSSR count). The van der Waals surface area contributed by atoms with E-state index < -0.39 is 11.1 Å². The molecule has 4 aromatic rings. The molecule has 0 aliphatic carbocycles. The van der Waals surface area contributed by atoms with E-state index in [9.17, 15) is 4.21 Å². The van der Waals surface area contributed by atoms with Crippen LogP contribution in [0.2, 0.25) is 0 Å². The highest BCUT2D eigenvalue weighted by atomic mass is 79.9. The van der Waals surface area contributed by atoms with Gasteiger partial charge in [-0.15, -0.1) is 0 Å². The molecule has 0 N–H and O–H groups in total. The molecule has 0 aromatic heterocycles. The molecule has 136 valence electrons. The summed E-state index contributed by atoms with van der Waals surface area (Å²) in [6.45, 7) is 0. The number of benzene rings is 4. The Balaban J connectivity index is 2.21. The summed E-state index contributed by atoms with van der Waals surface area (Å²) in [6.07, 6.45) is 0. The third-order valence-electron chi connectivity index (χ3n) is 4.64. The maximum Gasteiger partial charge on any atom is 0.189 e. The fourth-order valence-electron chi connectivity index (χ4n) is 3.45. The lowest BCUT2D eigenvalue weighted by Gasteiger charge is -2.17. The van der Waals surface area contributed by atoms with Crippen molar-refractivity contribution in [2.45, 2.75) is 4.90 Å². The number of rotatable bonds is 4. The lowest BCUT2D eigenvalue weighted by molar-refractivity contribution is 0.417. The molecule has 0 heterocycles. The predicted octanol–water partition coefficient (Wildman–Crippen LogP) is 6.10. The van der Waals surface area contributed by atoms with Gasteiger partial charge in [0.05, 0.1) is 19.1 Å². The molecule has 0 spiro atoms. The first-order chi connectivity index (χ1) is 13.1. The summed E-state index contributed by atoms with van der Waals surface area (Å²) >= 11 is 1.96. The smallest absolute Gasteiger partial charge is 0.189 e. The minimum Gasteiger partial charge on any atom is -0.496 e. The quantitative estimate of drug-likeness (QED) is 0.384. The Morgan fingerprint density at radius 3 is 2.33 bits per heavy atom. The van der Waals surface area contributed by atoms with Crippen molar-refractivity contribution < 1.29 is 13.1 Å². The maximum absolute atomic E-state index is 12.7. The van der Waals surface area contributed by atoms with Crippen LogP contribution in [0.25, 0.3) is 32.7 Å². The highest BCUT2D eigenvalue weighted by Crippen LogP contribution is 2.43. The van der Waals surface area contributed by atoms with Gasteiger partial charge in [0.25, 0.3) is 0 Å². The molecule has 0 amide bonds. The zero-order chi connectivity index (χ0) is 19.0. The van der Waals surface area contributed by atoms with Crippen LogP contribution in [0.4, 0.5) is 0 Å². The van der Waals surface area contributed by atoms with Crippen LogP contribution in [0.5, 0.6) is 5.75 Å². The molecule has 0 aliphatic heterocycles. The van der Waals surface area contributed by atoms with Crippen LogP contribution in [0.15, 0.2) is 76.1 Å². The first-order valence-corrected chi connectivity index (χ1v) is 10.3. The van der Waals surface area contributed by atoms with Crippen molar-refractivity contribution in [3.8, 4) is 16.9 Å². The van der Waals surface area contributed by atoms with Gasteiger partial charge in [0.15, 0.2) is 11.1 Å². The van der Waals surface area contributed by atoms with Crippen molar-refractivity contribution in [1.82, 2.24) is 0 Å². The second kappa shape index (κ2) is 7.43. The molecule has 27 heavy (non-hydrogen) atoms. The Kier molecular flexibility index (Phi) is 5.00. The van der Waals surface area contributed by atoms with Crippen molar-refractivity contribution in [3.05, 3.63) is 71.2 Å². The number of methoxy groups -OCH3 is 1. The molecule has 0 aliphatic rings. The normalized spacial score (nSPS) is 12.4. The fraction of sp³-hybridized carbons (Fsp3) is 0.0909. The van der Waals surface area contributed by atoms with Gasteiger partial charge < -0.3 is 4.74 Å². The van der Waals surface area contributed by atoms with Gasteiger partial charge in [-0.2, -0.15) is 0 Å². The minimum atomic E-state index is -1.58. The Labute approximate surface area is 168 Å². The van der Waals surface area contributed by atoms with Crippen LogP contribution in [0, 0.1) is 0 Å². The lowest BCUT2D eigenvalue weighted by atomic mass is 9.93. The second-order valence-corrected chi connectivity index (χ2v) is 8.23. The molecule has 0 saturated carbocycles. The zero-order valence-corrected chi connectivity index (χ0v) is 17.3. The van der Waals surface area contributed by atoms with E-state index in [1.807, 2.05) is 54.6 Å². The van der Waals surface area contributed by atoms with Crippen molar-refractivity contribution in [2.75, 3.05) is 14.2 Å². The molecule has 0 bridgehead atoms. The summed E-state index contributed by atoms with van der Waals surface area (Å²) < 4.78 is 24.6. The highest BCUT2D eigenvalue weighted by molar-refractivity contribution is 9.10. The number of hydrogen-bond acceptors (Lipinski definition) is 3. The SMILES string of the molecule is COc1ccc2cc(Br)ccc2c1-c1c(S(=O)OC)ccc2ccccc12. The summed E-state index contributed by atoms with van der Waals surface area (Å²) in [4.78, 5) is 0.630. The van der Waals surface area contributed by atoms with Gasteiger partial charge in [-0.25, -0.2) is 4.21 Å². The van der Waals surface area contributed by atoms with Crippen molar-refractivity contribution in [3.63, 3.8) is 0 Å². The molecular formula is C22H17BrO3S. The summed E-state index contributed by atoms with van der Waals surface area (Å²) in [6, 6.07) is 22.0. The Morgan fingerprint density at radius 1 is 0.815 bits per heavy atom. The third-order valence-corrected chi connectivity index (χ3v) is 6.13. The van der Waals surface area contributed by atoms with E-state index in [4.69, 9.17) is 8.92 Å². The van der Waals surface area contributed by atoms with Crippen LogP contribution in [-0.2, 0) is 15.3 Å². The Morgan fingerprint density at radius 2 is 1.56 bits per heavy atom. The Hall–Kier alpha value is -2.21. The average molecular weight is 441 g/mol. The number of hydrogen-bond donors (Lipinski definition) is 0. The van der Waals surface area contributed by atoms with Crippen LogP contribution in [-0.4, -0.2) is 18.4 Å². The molecule has 1 atom stereocenters. The molecule has 5 heteroatoms. The second-order valence-electron chi connectivity index (χ2n) is 6.07. The van der Waals surface area contributed by atoms with E-state index in [1.165, 1.54) is 7.11 Å². The molecule has 0 radical (unpaired) electrons. The zero-order valence-electron chi connectivity index (χ0n) is 14.9. The average Bonchev–Trinajstić information content (AvgIpc) is 2.71. The van der Waals surface area contributed by atoms with Gasteiger partial charge in [0, 0.05) is 15.6 Å². The number of ether oxygens (including phenoxy) is 1. The maximum atomic E-state index is 12.7. The van der Waals surface area contributed by atoms with Crippen molar-refractivity contribution in [1.29, 1.82) is 0 Å². The number of halogens is 1. The standard InChI is InChI=1S/C22H17BrO3S/c1-25-19-11-7-15-13-16(23)9-10-18(15)21(19)22-17-6-4-3-5-14(17)8-12-20(22)27(24)26-2/h3-13H,1-2H3. The van der Waals surface area contributed by atoms with Crippen LogP contribution in [0.1, 0.15) is 0 Å². The first-order valence-electron chi connectivity index (χ1n) is 8.38. The molecule has 0 fully saturated rings.